The number of ether oxygens (including phenoxy) is 2. The molecule has 1 amide bonds. The molecule has 0 bridgehead atoms. The standard InChI is InChI=1S/C25H27NO4/c1-17-11-13-18(14-12-17)23(24(27)26-21-8-3-2-4-9-21)30-25(28)20-15-19-7-5-6-10-22(19)29-16-20/h5-7,10-15,21,23H,2-4,8-9,16H2,1H3,(H,26,27)/t23-/m1/s1. The van der Waals surface area contributed by atoms with E-state index >= 15 is 0 Å². The number of esters is 1. The van der Waals surface area contributed by atoms with E-state index in [1.807, 2.05) is 55.5 Å². The highest BCUT2D eigenvalue weighted by Crippen LogP contribution is 2.28. The van der Waals surface area contributed by atoms with Crippen LogP contribution < -0.4 is 10.1 Å². The van der Waals surface area contributed by atoms with E-state index in [2.05, 4.69) is 5.32 Å². The predicted molar refractivity (Wildman–Crippen MR) is 115 cm³/mol. The van der Waals surface area contributed by atoms with Crippen LogP contribution in [0, 0.1) is 6.92 Å². The quantitative estimate of drug-likeness (QED) is 0.744. The number of nitrogens with one attached hydrogen (secondary N) is 1. The second-order valence-corrected chi connectivity index (χ2v) is 8.04. The first-order valence-electron chi connectivity index (χ1n) is 10.6. The van der Waals surface area contributed by atoms with Gasteiger partial charge < -0.3 is 14.8 Å². The molecule has 0 radical (unpaired) electrons. The van der Waals surface area contributed by atoms with Crippen LogP contribution in [0.3, 0.4) is 0 Å². The van der Waals surface area contributed by atoms with Crippen molar-refractivity contribution < 1.29 is 19.1 Å². The van der Waals surface area contributed by atoms with Crippen molar-refractivity contribution in [2.75, 3.05) is 6.61 Å². The van der Waals surface area contributed by atoms with Crippen molar-refractivity contribution in [2.24, 2.45) is 0 Å². The van der Waals surface area contributed by atoms with Gasteiger partial charge in [-0.3, -0.25) is 4.79 Å². The topological polar surface area (TPSA) is 64.6 Å². The second-order valence-electron chi connectivity index (χ2n) is 8.04. The molecule has 0 saturated heterocycles. The van der Waals surface area contributed by atoms with E-state index in [4.69, 9.17) is 9.47 Å². The van der Waals surface area contributed by atoms with E-state index in [9.17, 15) is 9.59 Å². The van der Waals surface area contributed by atoms with Crippen molar-refractivity contribution in [1.29, 1.82) is 0 Å². The molecule has 5 heteroatoms. The van der Waals surface area contributed by atoms with Gasteiger partial charge in [-0.15, -0.1) is 0 Å². The number of hydrogen-bond donors (Lipinski definition) is 1. The van der Waals surface area contributed by atoms with E-state index in [0.29, 0.717) is 11.1 Å². The molecular weight excluding hydrogens is 378 g/mol. The van der Waals surface area contributed by atoms with Crippen LogP contribution in [0.25, 0.3) is 6.08 Å². The van der Waals surface area contributed by atoms with Crippen molar-refractivity contribution in [3.63, 3.8) is 0 Å². The van der Waals surface area contributed by atoms with E-state index in [1.54, 1.807) is 6.08 Å². The number of hydrogen-bond acceptors (Lipinski definition) is 4. The maximum Gasteiger partial charge on any atom is 0.338 e. The molecule has 1 heterocycles. The number of para-hydroxylation sites is 1. The van der Waals surface area contributed by atoms with Crippen molar-refractivity contribution in [3.8, 4) is 5.75 Å². The van der Waals surface area contributed by atoms with Gasteiger partial charge >= 0.3 is 5.97 Å². The van der Waals surface area contributed by atoms with Gasteiger partial charge in [0.05, 0.1) is 5.57 Å². The fraction of sp³-hybridized carbons (Fsp3) is 0.360. The third-order valence-corrected chi connectivity index (χ3v) is 5.69. The molecule has 1 aliphatic heterocycles. The lowest BCUT2D eigenvalue weighted by Crippen LogP contribution is -2.40. The molecule has 2 aliphatic rings. The fourth-order valence-electron chi connectivity index (χ4n) is 3.95. The summed E-state index contributed by atoms with van der Waals surface area (Å²) in [6.07, 6.45) is 6.16. The molecular formula is C25H27NO4. The molecule has 156 valence electrons. The van der Waals surface area contributed by atoms with E-state index in [1.165, 1.54) is 6.42 Å². The van der Waals surface area contributed by atoms with Crippen molar-refractivity contribution in [3.05, 3.63) is 70.8 Å². The molecule has 0 spiro atoms. The first-order valence-corrected chi connectivity index (χ1v) is 10.6. The molecule has 1 saturated carbocycles. The second kappa shape index (κ2) is 9.16. The summed E-state index contributed by atoms with van der Waals surface area (Å²) in [6.45, 7) is 2.11. The first-order chi connectivity index (χ1) is 14.6. The summed E-state index contributed by atoms with van der Waals surface area (Å²) in [6, 6.07) is 15.2. The summed E-state index contributed by atoms with van der Waals surface area (Å²) >= 11 is 0. The van der Waals surface area contributed by atoms with Crippen LogP contribution in [0.5, 0.6) is 5.75 Å². The van der Waals surface area contributed by atoms with Gasteiger partial charge in [-0.25, -0.2) is 4.79 Å². The molecule has 4 rings (SSSR count). The molecule has 2 aromatic rings. The van der Waals surface area contributed by atoms with Crippen LogP contribution in [0.15, 0.2) is 54.1 Å². The third kappa shape index (κ3) is 4.73. The minimum atomic E-state index is -0.988. The fourth-order valence-corrected chi connectivity index (χ4v) is 3.95. The smallest absolute Gasteiger partial charge is 0.338 e. The van der Waals surface area contributed by atoms with Gasteiger partial charge in [-0.05, 0) is 31.9 Å². The molecule has 0 unspecified atom stereocenters. The first kappa shape index (κ1) is 20.2. The Morgan fingerprint density at radius 3 is 2.53 bits per heavy atom. The normalized spacial score (nSPS) is 17.2. The Morgan fingerprint density at radius 1 is 1.03 bits per heavy atom. The van der Waals surface area contributed by atoms with Crippen LogP contribution in [0.4, 0.5) is 0 Å². The van der Waals surface area contributed by atoms with E-state index in [0.717, 1.165) is 42.6 Å². The van der Waals surface area contributed by atoms with Crippen molar-refractivity contribution >= 4 is 18.0 Å². The zero-order chi connectivity index (χ0) is 20.9. The maximum absolute atomic E-state index is 13.1. The number of carbonyl (C=O) groups excluding carboxylic acids is 2. The Hall–Kier alpha value is -3.08. The molecule has 1 fully saturated rings. The van der Waals surface area contributed by atoms with Crippen LogP contribution in [-0.4, -0.2) is 24.5 Å². The summed E-state index contributed by atoms with van der Waals surface area (Å²) in [7, 11) is 0. The Labute approximate surface area is 177 Å². The molecule has 1 atom stereocenters. The van der Waals surface area contributed by atoms with Gasteiger partial charge in [-0.2, -0.15) is 0 Å². The predicted octanol–water partition coefficient (Wildman–Crippen LogP) is 4.50. The summed E-state index contributed by atoms with van der Waals surface area (Å²) in [5.41, 5.74) is 2.97. The highest BCUT2D eigenvalue weighted by atomic mass is 16.6. The Bertz CT molecular complexity index is 942. The zero-order valence-corrected chi connectivity index (χ0v) is 17.2. The summed E-state index contributed by atoms with van der Waals surface area (Å²) in [5.74, 6) is -0.0649. The lowest BCUT2D eigenvalue weighted by atomic mass is 9.95. The largest absolute Gasteiger partial charge is 0.488 e. The van der Waals surface area contributed by atoms with Crippen LogP contribution in [-0.2, 0) is 14.3 Å². The third-order valence-electron chi connectivity index (χ3n) is 5.69. The maximum atomic E-state index is 13.1. The van der Waals surface area contributed by atoms with Crippen LogP contribution >= 0.6 is 0 Å². The number of amides is 1. The summed E-state index contributed by atoms with van der Waals surface area (Å²) < 4.78 is 11.4. The zero-order valence-electron chi connectivity index (χ0n) is 17.2. The Kier molecular flexibility index (Phi) is 6.17. The molecule has 1 N–H and O–H groups in total. The highest BCUT2D eigenvalue weighted by molar-refractivity contribution is 5.97. The van der Waals surface area contributed by atoms with Gasteiger partial charge in [0.2, 0.25) is 6.10 Å². The molecule has 2 aromatic carbocycles. The average molecular weight is 405 g/mol. The lowest BCUT2D eigenvalue weighted by Gasteiger charge is -2.26. The average Bonchev–Trinajstić information content (AvgIpc) is 2.78. The van der Waals surface area contributed by atoms with Gasteiger partial charge in [0.25, 0.3) is 5.91 Å². The number of benzene rings is 2. The van der Waals surface area contributed by atoms with Crippen LogP contribution in [0.1, 0.15) is 54.9 Å². The van der Waals surface area contributed by atoms with Crippen molar-refractivity contribution in [1.82, 2.24) is 5.32 Å². The monoisotopic (exact) mass is 405 g/mol. The van der Waals surface area contributed by atoms with Gasteiger partial charge in [0, 0.05) is 17.2 Å². The molecule has 5 nitrogen and oxygen atoms in total. The lowest BCUT2D eigenvalue weighted by molar-refractivity contribution is -0.153. The highest BCUT2D eigenvalue weighted by Gasteiger charge is 2.29. The van der Waals surface area contributed by atoms with Crippen molar-refractivity contribution in [2.45, 2.75) is 51.2 Å². The van der Waals surface area contributed by atoms with Gasteiger partial charge in [0.15, 0.2) is 0 Å². The SMILES string of the molecule is Cc1ccc([C@@H](OC(=O)C2=Cc3ccccc3OC2)C(=O)NC2CCCCC2)cc1. The minimum absolute atomic E-state index is 0.126. The Balaban J connectivity index is 1.53. The van der Waals surface area contributed by atoms with Gasteiger partial charge in [0.1, 0.15) is 12.4 Å². The van der Waals surface area contributed by atoms with Crippen LogP contribution in [0.2, 0.25) is 0 Å². The van der Waals surface area contributed by atoms with E-state index < -0.39 is 12.1 Å². The number of carbonyl (C=O) groups is 2. The number of rotatable bonds is 5. The Morgan fingerprint density at radius 2 is 1.77 bits per heavy atom. The summed E-state index contributed by atoms with van der Waals surface area (Å²) in [4.78, 5) is 26.0. The minimum Gasteiger partial charge on any atom is -0.488 e. The number of aryl methyl sites for hydroxylation is 1. The van der Waals surface area contributed by atoms with E-state index in [-0.39, 0.29) is 18.6 Å². The molecule has 0 aromatic heterocycles. The number of fused-ring (bicyclic) bond motifs is 1. The molecule has 30 heavy (non-hydrogen) atoms. The van der Waals surface area contributed by atoms with Gasteiger partial charge in [-0.1, -0.05) is 67.3 Å². The molecule has 1 aliphatic carbocycles. The summed E-state index contributed by atoms with van der Waals surface area (Å²) in [5, 5.41) is 3.09.